The number of anilines is 1. The Bertz CT molecular complexity index is 1800. The fourth-order valence-corrected chi connectivity index (χ4v) is 4.70. The molecule has 7 nitrogen and oxygen atoms in total. The Morgan fingerprint density at radius 1 is 0.947 bits per heavy atom. The largest absolute Gasteiger partial charge is 0.353 e. The molecule has 0 unspecified atom stereocenters. The second-order valence-corrected chi connectivity index (χ2v) is 9.72. The van der Waals surface area contributed by atoms with Gasteiger partial charge in [-0.15, -0.1) is 0 Å². The first-order valence-corrected chi connectivity index (χ1v) is 12.4. The van der Waals surface area contributed by atoms with Crippen LogP contribution >= 0.6 is 0 Å². The molecule has 1 amide bonds. The Morgan fingerprint density at radius 3 is 2.63 bits per heavy atom. The molecule has 0 atom stereocenters. The highest BCUT2D eigenvalue weighted by molar-refractivity contribution is 6.01. The van der Waals surface area contributed by atoms with Crippen LogP contribution in [-0.4, -0.2) is 31.1 Å². The van der Waals surface area contributed by atoms with Gasteiger partial charge in [-0.3, -0.25) is 19.9 Å². The summed E-state index contributed by atoms with van der Waals surface area (Å²) in [5.74, 6) is -0.0767. The van der Waals surface area contributed by atoms with Crippen molar-refractivity contribution in [2.75, 3.05) is 5.32 Å². The number of carbonyl (C=O) groups is 1. The zero-order valence-electron chi connectivity index (χ0n) is 20.9. The van der Waals surface area contributed by atoms with Gasteiger partial charge in [0.1, 0.15) is 11.5 Å². The van der Waals surface area contributed by atoms with Crippen molar-refractivity contribution in [1.29, 1.82) is 0 Å². The van der Waals surface area contributed by atoms with Crippen LogP contribution in [0.5, 0.6) is 0 Å². The zero-order chi connectivity index (χ0) is 26.2. The summed E-state index contributed by atoms with van der Waals surface area (Å²) in [6, 6.07) is 18.4. The van der Waals surface area contributed by atoms with E-state index >= 15 is 0 Å². The van der Waals surface area contributed by atoms with Crippen molar-refractivity contribution in [3.05, 3.63) is 85.1 Å². The molecule has 6 aromatic rings. The van der Waals surface area contributed by atoms with Crippen LogP contribution in [0.15, 0.2) is 79.3 Å². The number of aromatic nitrogens is 5. The summed E-state index contributed by atoms with van der Waals surface area (Å²) in [6.07, 6.45) is 5.54. The number of hydrogen-bond donors (Lipinski definition) is 3. The van der Waals surface area contributed by atoms with E-state index < -0.39 is 0 Å². The maximum absolute atomic E-state index is 14.6. The summed E-state index contributed by atoms with van der Waals surface area (Å²) in [4.78, 5) is 24.5. The molecule has 2 aromatic carbocycles. The number of nitrogens with one attached hydrogen (secondary N) is 3. The van der Waals surface area contributed by atoms with Gasteiger partial charge in [-0.05, 0) is 53.9 Å². The number of benzene rings is 2. The van der Waals surface area contributed by atoms with Gasteiger partial charge in [-0.1, -0.05) is 32.0 Å². The fourth-order valence-electron chi connectivity index (χ4n) is 4.70. The minimum atomic E-state index is -0.318. The average molecular weight is 505 g/mol. The van der Waals surface area contributed by atoms with Gasteiger partial charge >= 0.3 is 0 Å². The van der Waals surface area contributed by atoms with E-state index in [4.69, 9.17) is 0 Å². The number of pyridine rings is 2. The summed E-state index contributed by atoms with van der Waals surface area (Å²) >= 11 is 0. The summed E-state index contributed by atoms with van der Waals surface area (Å²) in [6.45, 7) is 4.02. The molecular formula is C30H25FN6O. The molecule has 0 aliphatic carbocycles. The minimum Gasteiger partial charge on any atom is -0.353 e. The number of H-pyrrole nitrogens is 2. The van der Waals surface area contributed by atoms with Crippen LogP contribution < -0.4 is 5.32 Å². The van der Waals surface area contributed by atoms with Crippen molar-refractivity contribution < 1.29 is 9.18 Å². The quantitative estimate of drug-likeness (QED) is 0.228. The second-order valence-electron chi connectivity index (χ2n) is 9.72. The molecule has 3 N–H and O–H groups in total. The highest BCUT2D eigenvalue weighted by Crippen LogP contribution is 2.35. The molecule has 0 radical (unpaired) electrons. The van der Waals surface area contributed by atoms with Crippen LogP contribution in [0.1, 0.15) is 20.3 Å². The van der Waals surface area contributed by atoms with Gasteiger partial charge in [-0.25, -0.2) is 4.39 Å². The van der Waals surface area contributed by atoms with E-state index in [0.29, 0.717) is 23.4 Å². The van der Waals surface area contributed by atoms with E-state index in [1.807, 2.05) is 50.2 Å². The second kappa shape index (κ2) is 9.55. The number of aromatic amines is 2. The lowest BCUT2D eigenvalue weighted by Gasteiger charge is -2.09. The molecule has 8 heteroatoms. The topological polar surface area (TPSA) is 99.3 Å². The molecule has 0 aliphatic heterocycles. The number of hydrogen-bond acceptors (Lipinski definition) is 4. The molecule has 4 heterocycles. The van der Waals surface area contributed by atoms with Crippen molar-refractivity contribution in [1.82, 2.24) is 25.1 Å². The summed E-state index contributed by atoms with van der Waals surface area (Å²) in [5, 5.41) is 12.3. The Kier molecular flexibility index (Phi) is 5.92. The van der Waals surface area contributed by atoms with Crippen LogP contribution in [-0.2, 0) is 4.79 Å². The zero-order valence-corrected chi connectivity index (χ0v) is 20.9. The number of nitrogens with zero attached hydrogens (tertiary/aromatic N) is 3. The highest BCUT2D eigenvalue weighted by atomic mass is 19.1. The lowest BCUT2D eigenvalue weighted by atomic mass is 10.0. The van der Waals surface area contributed by atoms with E-state index in [-0.39, 0.29) is 17.6 Å². The van der Waals surface area contributed by atoms with Crippen molar-refractivity contribution in [3.8, 4) is 33.8 Å². The van der Waals surface area contributed by atoms with Gasteiger partial charge in [0.15, 0.2) is 0 Å². The summed E-state index contributed by atoms with van der Waals surface area (Å²) < 4.78 is 14.6. The Labute approximate surface area is 218 Å². The van der Waals surface area contributed by atoms with E-state index in [0.717, 1.165) is 44.3 Å². The van der Waals surface area contributed by atoms with Crippen molar-refractivity contribution in [2.45, 2.75) is 20.3 Å². The van der Waals surface area contributed by atoms with E-state index in [9.17, 15) is 9.18 Å². The predicted molar refractivity (Wildman–Crippen MR) is 148 cm³/mol. The van der Waals surface area contributed by atoms with E-state index in [2.05, 4.69) is 30.5 Å². The van der Waals surface area contributed by atoms with Crippen LogP contribution in [0.4, 0.5) is 10.1 Å². The lowest BCUT2D eigenvalue weighted by molar-refractivity contribution is -0.116. The Balaban J connectivity index is 1.39. The Hall–Kier alpha value is -4.85. The lowest BCUT2D eigenvalue weighted by Crippen LogP contribution is -2.13. The van der Waals surface area contributed by atoms with Gasteiger partial charge in [0.05, 0.1) is 28.8 Å². The predicted octanol–water partition coefficient (Wildman–Crippen LogP) is 6.96. The molecule has 188 valence electrons. The van der Waals surface area contributed by atoms with Crippen LogP contribution in [0.2, 0.25) is 0 Å². The third kappa shape index (κ3) is 4.41. The molecule has 0 saturated carbocycles. The fraction of sp³-hybridized carbons (Fsp3) is 0.133. The summed E-state index contributed by atoms with van der Waals surface area (Å²) in [5.41, 5.74) is 6.76. The van der Waals surface area contributed by atoms with Gasteiger partial charge in [0.25, 0.3) is 0 Å². The number of halogens is 1. The first-order chi connectivity index (χ1) is 18.5. The number of fused-ring (bicyclic) bond motifs is 2. The molecule has 0 fully saturated rings. The normalized spacial score (nSPS) is 11.5. The smallest absolute Gasteiger partial charge is 0.224 e. The Morgan fingerprint density at radius 2 is 1.79 bits per heavy atom. The molecule has 38 heavy (non-hydrogen) atoms. The first-order valence-electron chi connectivity index (χ1n) is 12.4. The molecule has 4 aromatic heterocycles. The van der Waals surface area contributed by atoms with Gasteiger partial charge in [-0.2, -0.15) is 5.10 Å². The maximum atomic E-state index is 14.6. The molecule has 0 saturated heterocycles. The first kappa shape index (κ1) is 23.5. The van der Waals surface area contributed by atoms with Gasteiger partial charge in [0, 0.05) is 46.2 Å². The van der Waals surface area contributed by atoms with E-state index in [1.54, 1.807) is 36.8 Å². The molecular weight excluding hydrogens is 479 g/mol. The van der Waals surface area contributed by atoms with Crippen LogP contribution in [0.25, 0.3) is 55.6 Å². The monoisotopic (exact) mass is 504 g/mol. The van der Waals surface area contributed by atoms with Crippen LogP contribution in [0, 0.1) is 11.7 Å². The van der Waals surface area contributed by atoms with Gasteiger partial charge in [0.2, 0.25) is 5.91 Å². The highest BCUT2D eigenvalue weighted by Gasteiger charge is 2.16. The molecule has 0 bridgehead atoms. The van der Waals surface area contributed by atoms with Gasteiger partial charge < -0.3 is 10.3 Å². The third-order valence-electron chi connectivity index (χ3n) is 6.44. The van der Waals surface area contributed by atoms with Crippen LogP contribution in [0.3, 0.4) is 0 Å². The molecule has 0 aliphatic rings. The van der Waals surface area contributed by atoms with Crippen molar-refractivity contribution in [3.63, 3.8) is 0 Å². The number of amides is 1. The standard InChI is InChI=1S/C30H25FN6O/c1-17(2)11-28(38)34-20-12-19(15-32-16-20)18-7-8-26-22(13-18)30(37-36-26)27-14-23-25(35-27)9-10-33-29(23)21-5-3-4-6-24(21)31/h3-10,12-17,35H,11H2,1-2H3,(H,34,38)(H,36,37). The number of carbonyl (C=O) groups excluding carboxylic acids is 1. The van der Waals surface area contributed by atoms with E-state index in [1.165, 1.54) is 6.07 Å². The number of rotatable bonds is 6. The SMILES string of the molecule is CC(C)CC(=O)Nc1cncc(-c2ccc3[nH]nc(-c4cc5c(-c6ccccc6F)nccc5[nH]4)c3c2)c1. The van der Waals surface area contributed by atoms with Crippen molar-refractivity contribution >= 4 is 33.4 Å². The average Bonchev–Trinajstić information content (AvgIpc) is 3.52. The minimum absolute atomic E-state index is 0.0328. The molecule has 0 spiro atoms. The van der Waals surface area contributed by atoms with Crippen molar-refractivity contribution in [2.24, 2.45) is 5.92 Å². The maximum Gasteiger partial charge on any atom is 0.224 e. The molecule has 6 rings (SSSR count). The third-order valence-corrected chi connectivity index (χ3v) is 6.44. The summed E-state index contributed by atoms with van der Waals surface area (Å²) in [7, 11) is 0.